The van der Waals surface area contributed by atoms with Crippen molar-refractivity contribution < 1.29 is 14.7 Å². The van der Waals surface area contributed by atoms with Crippen LogP contribution < -0.4 is 5.32 Å². The van der Waals surface area contributed by atoms with E-state index in [1.807, 2.05) is 0 Å². The van der Waals surface area contributed by atoms with Crippen molar-refractivity contribution in [2.24, 2.45) is 11.8 Å². The highest BCUT2D eigenvalue weighted by Gasteiger charge is 2.16. The summed E-state index contributed by atoms with van der Waals surface area (Å²) in [5.74, 6) is -0.238. The molecule has 0 aromatic carbocycles. The lowest BCUT2D eigenvalue weighted by Gasteiger charge is -2.20. The molecule has 1 atom stereocenters. The fourth-order valence-electron chi connectivity index (χ4n) is 2.03. The van der Waals surface area contributed by atoms with E-state index in [2.05, 4.69) is 19.2 Å². The quantitative estimate of drug-likeness (QED) is 0.769. The molecule has 0 saturated heterocycles. The Kier molecular flexibility index (Phi) is 7.02. The van der Waals surface area contributed by atoms with E-state index in [-0.39, 0.29) is 12.3 Å². The highest BCUT2D eigenvalue weighted by Crippen LogP contribution is 2.23. The number of carbonyl (C=O) groups excluding carboxylic acids is 1. The Bertz CT molecular complexity index is 459. The van der Waals surface area contributed by atoms with Gasteiger partial charge in [0.2, 0.25) is 0 Å². The topological polar surface area (TPSA) is 66.4 Å². The molecule has 0 radical (unpaired) electrons. The van der Waals surface area contributed by atoms with Crippen molar-refractivity contribution in [1.29, 1.82) is 0 Å². The van der Waals surface area contributed by atoms with Crippen LogP contribution in [-0.2, 0) is 4.79 Å². The predicted molar refractivity (Wildman–Crippen MR) is 81.5 cm³/mol. The first-order valence-corrected chi connectivity index (χ1v) is 7.90. The zero-order valence-electron chi connectivity index (χ0n) is 11.7. The lowest BCUT2D eigenvalue weighted by Crippen LogP contribution is -2.26. The zero-order valence-corrected chi connectivity index (χ0v) is 13.3. The molecule has 6 heteroatoms. The number of hydrogen-bond donors (Lipinski definition) is 2. The van der Waals surface area contributed by atoms with E-state index in [1.165, 1.54) is 11.3 Å². The first-order valence-electron chi connectivity index (χ1n) is 6.64. The maximum absolute atomic E-state index is 11.9. The van der Waals surface area contributed by atoms with Gasteiger partial charge in [-0.15, -0.1) is 11.3 Å². The van der Waals surface area contributed by atoms with Gasteiger partial charge >= 0.3 is 5.97 Å². The summed E-state index contributed by atoms with van der Waals surface area (Å²) in [6.07, 6.45) is 1.59. The van der Waals surface area contributed by atoms with Gasteiger partial charge in [0.15, 0.2) is 0 Å². The molecule has 0 aliphatic heterocycles. The molecule has 0 fully saturated rings. The smallest absolute Gasteiger partial charge is 0.303 e. The molecule has 2 N–H and O–H groups in total. The number of carboxylic acid groups (broad SMARTS) is 1. The van der Waals surface area contributed by atoms with Crippen LogP contribution in [0, 0.1) is 11.8 Å². The Morgan fingerprint density at radius 3 is 2.60 bits per heavy atom. The average Bonchev–Trinajstić information content (AvgIpc) is 2.78. The van der Waals surface area contributed by atoms with Gasteiger partial charge in [0.25, 0.3) is 5.91 Å². The minimum atomic E-state index is -0.773. The number of rotatable bonds is 8. The number of halogens is 1. The molecule has 0 bridgehead atoms. The summed E-state index contributed by atoms with van der Waals surface area (Å²) >= 11 is 7.21. The van der Waals surface area contributed by atoms with Gasteiger partial charge < -0.3 is 10.4 Å². The molecule has 1 rings (SSSR count). The molecular weight excluding hydrogens is 298 g/mol. The second-order valence-electron chi connectivity index (χ2n) is 5.08. The van der Waals surface area contributed by atoms with Gasteiger partial charge in [0.05, 0.1) is 5.02 Å². The SMILES string of the molecule is CC(C)C(CCNC(=O)c1sccc1Cl)CCC(=O)O. The van der Waals surface area contributed by atoms with Gasteiger partial charge in [-0.3, -0.25) is 9.59 Å². The Morgan fingerprint density at radius 1 is 1.40 bits per heavy atom. The summed E-state index contributed by atoms with van der Waals surface area (Å²) < 4.78 is 0. The summed E-state index contributed by atoms with van der Waals surface area (Å²) in [5.41, 5.74) is 0. The Hall–Kier alpha value is -1.07. The first-order chi connectivity index (χ1) is 9.41. The highest BCUT2D eigenvalue weighted by molar-refractivity contribution is 7.12. The van der Waals surface area contributed by atoms with E-state index < -0.39 is 5.97 Å². The number of hydrogen-bond acceptors (Lipinski definition) is 3. The Labute approximate surface area is 128 Å². The third-order valence-electron chi connectivity index (χ3n) is 3.30. The standard InChI is InChI=1S/C14H20ClNO3S/c1-9(2)10(3-4-12(17)18)5-7-16-14(19)13-11(15)6-8-20-13/h6,8-10H,3-5,7H2,1-2H3,(H,16,19)(H,17,18). The largest absolute Gasteiger partial charge is 0.481 e. The van der Waals surface area contributed by atoms with Crippen molar-refractivity contribution in [2.45, 2.75) is 33.1 Å². The molecule has 1 aromatic rings. The summed E-state index contributed by atoms with van der Waals surface area (Å²) in [6, 6.07) is 1.70. The van der Waals surface area contributed by atoms with E-state index in [0.717, 1.165) is 6.42 Å². The van der Waals surface area contributed by atoms with Crippen molar-refractivity contribution in [3.8, 4) is 0 Å². The van der Waals surface area contributed by atoms with Crippen LogP contribution in [0.4, 0.5) is 0 Å². The van der Waals surface area contributed by atoms with Crippen molar-refractivity contribution in [3.05, 3.63) is 21.3 Å². The molecule has 1 heterocycles. The third-order valence-corrected chi connectivity index (χ3v) is 4.64. The van der Waals surface area contributed by atoms with E-state index >= 15 is 0 Å². The lowest BCUT2D eigenvalue weighted by atomic mass is 9.88. The molecule has 112 valence electrons. The normalized spacial score (nSPS) is 12.4. The van der Waals surface area contributed by atoms with Gasteiger partial charge in [0, 0.05) is 13.0 Å². The minimum absolute atomic E-state index is 0.161. The minimum Gasteiger partial charge on any atom is -0.481 e. The number of amides is 1. The number of aliphatic carboxylic acids is 1. The van der Waals surface area contributed by atoms with Gasteiger partial charge in [-0.05, 0) is 36.1 Å². The van der Waals surface area contributed by atoms with E-state index in [9.17, 15) is 9.59 Å². The second kappa shape index (κ2) is 8.27. The predicted octanol–water partition coefficient (Wildman–Crippen LogP) is 3.66. The second-order valence-corrected chi connectivity index (χ2v) is 6.40. The van der Waals surface area contributed by atoms with Crippen LogP contribution in [0.15, 0.2) is 11.4 Å². The fourth-order valence-corrected chi connectivity index (χ4v) is 3.08. The van der Waals surface area contributed by atoms with Crippen LogP contribution >= 0.6 is 22.9 Å². The van der Waals surface area contributed by atoms with Gasteiger partial charge in [-0.25, -0.2) is 0 Å². The molecule has 1 amide bonds. The maximum atomic E-state index is 11.9. The van der Waals surface area contributed by atoms with Crippen molar-refractivity contribution >= 4 is 34.8 Å². The average molecular weight is 318 g/mol. The number of carboxylic acids is 1. The van der Waals surface area contributed by atoms with Crippen LogP contribution in [0.3, 0.4) is 0 Å². The summed E-state index contributed by atoms with van der Waals surface area (Å²) in [6.45, 7) is 4.69. The molecule has 4 nitrogen and oxygen atoms in total. The summed E-state index contributed by atoms with van der Waals surface area (Å²) in [5, 5.41) is 13.8. The molecule has 0 aliphatic carbocycles. The van der Waals surface area contributed by atoms with Crippen LogP contribution in [0.5, 0.6) is 0 Å². The monoisotopic (exact) mass is 317 g/mol. The van der Waals surface area contributed by atoms with Gasteiger partial charge in [-0.1, -0.05) is 25.4 Å². The van der Waals surface area contributed by atoms with E-state index in [4.69, 9.17) is 16.7 Å². The first kappa shape index (κ1) is 17.0. The van der Waals surface area contributed by atoms with Gasteiger partial charge in [0.1, 0.15) is 4.88 Å². The molecular formula is C14H20ClNO3S. The zero-order chi connectivity index (χ0) is 15.1. The van der Waals surface area contributed by atoms with Crippen molar-refractivity contribution in [1.82, 2.24) is 5.32 Å². The lowest BCUT2D eigenvalue weighted by molar-refractivity contribution is -0.137. The summed E-state index contributed by atoms with van der Waals surface area (Å²) in [7, 11) is 0. The Morgan fingerprint density at radius 2 is 2.10 bits per heavy atom. The third kappa shape index (κ3) is 5.51. The maximum Gasteiger partial charge on any atom is 0.303 e. The van der Waals surface area contributed by atoms with E-state index in [1.54, 1.807) is 11.4 Å². The van der Waals surface area contributed by atoms with Crippen molar-refractivity contribution in [2.75, 3.05) is 6.54 Å². The fraction of sp³-hybridized carbons (Fsp3) is 0.571. The molecule has 1 aromatic heterocycles. The van der Waals surface area contributed by atoms with Crippen LogP contribution in [0.25, 0.3) is 0 Å². The number of carbonyl (C=O) groups is 2. The Balaban J connectivity index is 2.38. The summed E-state index contributed by atoms with van der Waals surface area (Å²) in [4.78, 5) is 23.0. The van der Waals surface area contributed by atoms with E-state index in [0.29, 0.717) is 34.7 Å². The number of nitrogens with one attached hydrogen (secondary N) is 1. The molecule has 20 heavy (non-hydrogen) atoms. The van der Waals surface area contributed by atoms with Crippen LogP contribution in [0.1, 0.15) is 42.8 Å². The van der Waals surface area contributed by atoms with Crippen LogP contribution in [-0.4, -0.2) is 23.5 Å². The highest BCUT2D eigenvalue weighted by atomic mass is 35.5. The molecule has 0 saturated carbocycles. The molecule has 0 aliphatic rings. The molecule has 0 spiro atoms. The number of thiophene rings is 1. The molecule has 1 unspecified atom stereocenters. The van der Waals surface area contributed by atoms with Gasteiger partial charge in [-0.2, -0.15) is 0 Å². The van der Waals surface area contributed by atoms with Crippen molar-refractivity contribution in [3.63, 3.8) is 0 Å². The van der Waals surface area contributed by atoms with Crippen LogP contribution in [0.2, 0.25) is 5.02 Å².